The second-order valence-electron chi connectivity index (χ2n) is 9.59. The Hall–Kier alpha value is -0.761. The fourth-order valence-corrected chi connectivity index (χ4v) is 21.9. The monoisotopic (exact) mass is 573 g/mol. The summed E-state index contributed by atoms with van der Waals surface area (Å²) < 4.78 is 38.4. The van der Waals surface area contributed by atoms with Crippen LogP contribution in [0.25, 0.3) is 10.2 Å². The van der Waals surface area contributed by atoms with Gasteiger partial charge in [-0.25, -0.2) is 0 Å². The van der Waals surface area contributed by atoms with E-state index in [2.05, 4.69) is 32.9 Å². The molecule has 0 spiro atoms. The van der Waals surface area contributed by atoms with Crippen LogP contribution in [0.15, 0.2) is 18.2 Å². The van der Waals surface area contributed by atoms with Crippen LogP contribution in [0.1, 0.15) is 83.9 Å². The van der Waals surface area contributed by atoms with Crippen LogP contribution in [0.3, 0.4) is 0 Å². The molecule has 1 saturated carbocycles. The Labute approximate surface area is 199 Å². The third-order valence-corrected chi connectivity index (χ3v) is 23.2. The molecule has 0 unspecified atom stereocenters. The number of pyridine rings is 1. The van der Waals surface area contributed by atoms with Gasteiger partial charge in [0.2, 0.25) is 0 Å². The second kappa shape index (κ2) is 10.7. The number of esters is 1. The van der Waals surface area contributed by atoms with Gasteiger partial charge in [0.05, 0.1) is 0 Å². The van der Waals surface area contributed by atoms with Gasteiger partial charge < -0.3 is 0 Å². The second-order valence-corrected chi connectivity index (χ2v) is 23.7. The molecule has 0 amide bonds. The molecule has 2 aromatic heterocycles. The first-order chi connectivity index (χ1) is 15.2. The molecular weight excluding hydrogens is 535 g/mol. The maximum atomic E-state index is 13.8. The Morgan fingerprint density at radius 1 is 1.06 bits per heavy atom. The molecule has 2 heterocycles. The van der Waals surface area contributed by atoms with Crippen molar-refractivity contribution < 1.29 is 18.3 Å². The minimum absolute atomic E-state index is 0.439. The molecule has 0 N–H and O–H groups in total. The van der Waals surface area contributed by atoms with E-state index in [1.54, 1.807) is 0 Å². The summed E-state index contributed by atoms with van der Waals surface area (Å²) in [7, 11) is 0. The molecule has 178 valence electrons. The summed E-state index contributed by atoms with van der Waals surface area (Å²) in [5, 5.41) is 0.970. The van der Waals surface area contributed by atoms with Gasteiger partial charge in [-0.15, -0.1) is 0 Å². The van der Waals surface area contributed by atoms with Crippen LogP contribution in [0.4, 0.5) is 8.78 Å². The van der Waals surface area contributed by atoms with E-state index in [1.807, 2.05) is 6.07 Å². The van der Waals surface area contributed by atoms with Gasteiger partial charge >= 0.3 is 200 Å². The van der Waals surface area contributed by atoms with E-state index in [4.69, 9.17) is 9.72 Å². The summed E-state index contributed by atoms with van der Waals surface area (Å²) in [5.74, 6) is -3.29. The van der Waals surface area contributed by atoms with Crippen molar-refractivity contribution in [2.75, 3.05) is 0 Å². The Morgan fingerprint density at radius 3 is 2.09 bits per heavy atom. The van der Waals surface area contributed by atoms with Crippen LogP contribution < -0.4 is 3.71 Å². The number of ether oxygens (including phenoxy) is 1. The Morgan fingerprint density at radius 2 is 1.62 bits per heavy atom. The zero-order valence-electron chi connectivity index (χ0n) is 19.9. The predicted molar refractivity (Wildman–Crippen MR) is 132 cm³/mol. The summed E-state index contributed by atoms with van der Waals surface area (Å²) in [6, 6.07) is 6.28. The fraction of sp³-hybridized carbons (Fsp3) is 0.680. The third-order valence-electron chi connectivity index (χ3n) is 6.83. The van der Waals surface area contributed by atoms with E-state index < -0.39 is 48.7 Å². The molecule has 32 heavy (non-hydrogen) atoms. The van der Waals surface area contributed by atoms with Crippen LogP contribution in [0.5, 0.6) is 0 Å². The van der Waals surface area contributed by atoms with E-state index in [-0.39, 0.29) is 0 Å². The van der Waals surface area contributed by atoms with Crippen molar-refractivity contribution >= 4 is 49.6 Å². The molecule has 3 rings (SSSR count). The SMILES string of the molecule is CCC[CH2][Sn]([CH2]CCC)([CH2]CCC)[c]1ccc2cc(C3(OC(C)=O)CC(F)(F)C3)sc2n1. The molecule has 0 atom stereocenters. The van der Waals surface area contributed by atoms with Gasteiger partial charge in [0.15, 0.2) is 0 Å². The van der Waals surface area contributed by atoms with Crippen molar-refractivity contribution in [3.8, 4) is 0 Å². The van der Waals surface area contributed by atoms with Crippen molar-refractivity contribution in [2.24, 2.45) is 0 Å². The van der Waals surface area contributed by atoms with Gasteiger partial charge in [0, 0.05) is 0 Å². The van der Waals surface area contributed by atoms with Crippen molar-refractivity contribution in [1.29, 1.82) is 0 Å². The molecule has 0 saturated heterocycles. The fourth-order valence-electron chi connectivity index (χ4n) is 5.10. The molecule has 0 aliphatic heterocycles. The van der Waals surface area contributed by atoms with E-state index in [0.717, 1.165) is 10.2 Å². The number of hydrogen-bond donors (Lipinski definition) is 0. The van der Waals surface area contributed by atoms with Crippen LogP contribution >= 0.6 is 11.3 Å². The van der Waals surface area contributed by atoms with Gasteiger partial charge in [0.25, 0.3) is 0 Å². The molecule has 7 heteroatoms. The maximum absolute atomic E-state index is 13.8. The van der Waals surface area contributed by atoms with Gasteiger partial charge in [0.1, 0.15) is 0 Å². The number of unbranched alkanes of at least 4 members (excludes halogenated alkanes) is 3. The molecule has 0 bridgehead atoms. The number of alkyl halides is 2. The molecule has 0 radical (unpaired) electrons. The Balaban J connectivity index is 2.00. The minimum atomic E-state index is -2.78. The Bertz CT molecular complexity index is 900. The summed E-state index contributed by atoms with van der Waals surface area (Å²) in [4.78, 5) is 18.5. The average molecular weight is 572 g/mol. The van der Waals surface area contributed by atoms with Crippen molar-refractivity contribution in [3.63, 3.8) is 0 Å². The number of carbonyl (C=O) groups is 1. The van der Waals surface area contributed by atoms with Gasteiger partial charge in [-0.05, 0) is 0 Å². The number of nitrogens with zero attached hydrogens (tertiary/aromatic N) is 1. The van der Waals surface area contributed by atoms with Crippen molar-refractivity contribution in [1.82, 2.24) is 4.98 Å². The molecule has 2 aromatic rings. The molecule has 1 aliphatic carbocycles. The molecule has 1 aliphatic rings. The quantitative estimate of drug-likeness (QED) is 0.195. The predicted octanol–water partition coefficient (Wildman–Crippen LogP) is 7.54. The molecule has 0 aromatic carbocycles. The number of halogens is 2. The van der Waals surface area contributed by atoms with Crippen LogP contribution in [-0.4, -0.2) is 35.3 Å². The van der Waals surface area contributed by atoms with Crippen LogP contribution in [0.2, 0.25) is 13.3 Å². The molecular formula is C25H37F2NO2SSn. The molecule has 1 fully saturated rings. The van der Waals surface area contributed by atoms with Crippen molar-refractivity contribution in [2.45, 2.75) is 104 Å². The first-order valence-corrected chi connectivity index (χ1v) is 20.5. The number of rotatable bonds is 12. The van der Waals surface area contributed by atoms with Gasteiger partial charge in [-0.2, -0.15) is 0 Å². The number of thiophene rings is 1. The third kappa shape index (κ3) is 5.65. The van der Waals surface area contributed by atoms with Gasteiger partial charge in [-0.1, -0.05) is 0 Å². The summed E-state index contributed by atoms with van der Waals surface area (Å²) in [6.07, 6.45) is 6.55. The van der Waals surface area contributed by atoms with E-state index in [0.29, 0.717) is 4.88 Å². The zero-order valence-corrected chi connectivity index (χ0v) is 23.6. The van der Waals surface area contributed by atoms with Crippen molar-refractivity contribution in [3.05, 3.63) is 23.1 Å². The standard InChI is InChI=1S/C13H10F2NO2S.3C4H9.Sn/c1-8(17)18-12(6-13(14,15)7-12)10-5-9-3-2-4-16-11(9)19-10;3*1-3-4-2;/h2-3,5H,6-7H2,1H3;3*1,3-4H2,2H3;. The van der Waals surface area contributed by atoms with E-state index in [1.165, 1.54) is 73.8 Å². The summed E-state index contributed by atoms with van der Waals surface area (Å²) >= 11 is -1.23. The first kappa shape index (κ1) is 25.9. The number of fused-ring (bicyclic) bond motifs is 1. The number of aromatic nitrogens is 1. The topological polar surface area (TPSA) is 39.2 Å². The zero-order chi connectivity index (χ0) is 23.4. The summed E-state index contributed by atoms with van der Waals surface area (Å²) in [6.45, 7) is 8.09. The normalized spacial score (nSPS) is 17.3. The van der Waals surface area contributed by atoms with Crippen LogP contribution in [0, 0.1) is 0 Å². The van der Waals surface area contributed by atoms with E-state index in [9.17, 15) is 13.6 Å². The first-order valence-electron chi connectivity index (χ1n) is 12.2. The van der Waals surface area contributed by atoms with E-state index >= 15 is 0 Å². The average Bonchev–Trinajstić information content (AvgIpc) is 3.15. The Kier molecular flexibility index (Phi) is 8.61. The van der Waals surface area contributed by atoms with Gasteiger partial charge in [-0.3, -0.25) is 0 Å². The summed E-state index contributed by atoms with van der Waals surface area (Å²) in [5.41, 5.74) is -1.20. The van der Waals surface area contributed by atoms with Crippen LogP contribution in [-0.2, 0) is 15.1 Å². The molecule has 3 nitrogen and oxygen atoms in total. The number of hydrogen-bond acceptors (Lipinski definition) is 4. The number of carbonyl (C=O) groups excluding carboxylic acids is 1.